The summed E-state index contributed by atoms with van der Waals surface area (Å²) in [4.78, 5) is 35.0. The number of aryl methyl sites for hydroxylation is 1. The molecule has 1 aliphatic rings. The van der Waals surface area contributed by atoms with Gasteiger partial charge in [-0.25, -0.2) is 14.4 Å². The third kappa shape index (κ3) is 2.99. The van der Waals surface area contributed by atoms with E-state index in [0.29, 0.717) is 5.75 Å². The molecule has 0 saturated heterocycles. The minimum absolute atomic E-state index is 0.0859. The van der Waals surface area contributed by atoms with Gasteiger partial charge in [-0.1, -0.05) is 25.5 Å². The number of hydrogen-bond acceptors (Lipinski definition) is 5. The van der Waals surface area contributed by atoms with Crippen molar-refractivity contribution in [2.75, 3.05) is 0 Å². The Morgan fingerprint density at radius 3 is 2.39 bits per heavy atom. The van der Waals surface area contributed by atoms with Gasteiger partial charge in [0.15, 0.2) is 0 Å². The maximum Gasteiger partial charge on any atom is 0.346 e. The molecule has 1 heterocycles. The van der Waals surface area contributed by atoms with Gasteiger partial charge in [0.25, 0.3) is 0 Å². The summed E-state index contributed by atoms with van der Waals surface area (Å²) in [7, 11) is 0. The van der Waals surface area contributed by atoms with Gasteiger partial charge in [0.2, 0.25) is 0 Å². The predicted molar refractivity (Wildman–Crippen MR) is 81.6 cm³/mol. The molecule has 0 amide bonds. The quantitative estimate of drug-likeness (QED) is 0.493. The first-order chi connectivity index (χ1) is 11.1. The van der Waals surface area contributed by atoms with Gasteiger partial charge in [-0.15, -0.1) is 0 Å². The van der Waals surface area contributed by atoms with Crippen LogP contribution in [0.25, 0.3) is 0 Å². The van der Waals surface area contributed by atoms with Gasteiger partial charge in [0.1, 0.15) is 5.75 Å². The average Bonchev–Trinajstić information content (AvgIpc) is 2.84. The van der Waals surface area contributed by atoms with Crippen molar-refractivity contribution in [3.8, 4) is 5.75 Å². The maximum absolute atomic E-state index is 12.2. The van der Waals surface area contributed by atoms with Crippen molar-refractivity contribution >= 4 is 17.9 Å². The molecule has 1 aliphatic heterocycles. The fourth-order valence-corrected chi connectivity index (χ4v) is 2.39. The van der Waals surface area contributed by atoms with E-state index in [9.17, 15) is 14.4 Å². The van der Waals surface area contributed by atoms with E-state index in [4.69, 9.17) is 4.74 Å². The first kappa shape index (κ1) is 15.0. The Balaban J connectivity index is 1.77. The lowest BCUT2D eigenvalue weighted by Gasteiger charge is -2.06. The zero-order valence-corrected chi connectivity index (χ0v) is 12.5. The van der Waals surface area contributed by atoms with Crippen molar-refractivity contribution in [3.05, 3.63) is 64.7 Å². The van der Waals surface area contributed by atoms with Crippen LogP contribution in [0.15, 0.2) is 42.5 Å². The van der Waals surface area contributed by atoms with Crippen LogP contribution in [0.4, 0.5) is 0 Å². The summed E-state index contributed by atoms with van der Waals surface area (Å²) >= 11 is 0. The van der Waals surface area contributed by atoms with Gasteiger partial charge in [-0.05, 0) is 42.3 Å². The van der Waals surface area contributed by atoms with E-state index in [-0.39, 0.29) is 16.7 Å². The van der Waals surface area contributed by atoms with Gasteiger partial charge in [0.05, 0.1) is 16.7 Å². The SMILES string of the molecule is CCCc1ccc(OC(=O)c2ccc3c(c2)C(=O)OC3=O)cc1. The smallest absolute Gasteiger partial charge is 0.346 e. The van der Waals surface area contributed by atoms with Crippen LogP contribution in [0.3, 0.4) is 0 Å². The van der Waals surface area contributed by atoms with Crippen LogP contribution in [0.2, 0.25) is 0 Å². The van der Waals surface area contributed by atoms with Gasteiger partial charge >= 0.3 is 17.9 Å². The number of hydrogen-bond donors (Lipinski definition) is 0. The number of carbonyl (C=O) groups is 3. The van der Waals surface area contributed by atoms with Crippen molar-refractivity contribution in [3.63, 3.8) is 0 Å². The number of cyclic esters (lactones) is 2. The van der Waals surface area contributed by atoms with Crippen LogP contribution in [-0.4, -0.2) is 17.9 Å². The molecule has 0 fully saturated rings. The van der Waals surface area contributed by atoms with Crippen LogP contribution in [0.1, 0.15) is 50.0 Å². The van der Waals surface area contributed by atoms with E-state index in [2.05, 4.69) is 11.7 Å². The first-order valence-corrected chi connectivity index (χ1v) is 7.30. The molecule has 0 unspecified atom stereocenters. The lowest BCUT2D eigenvalue weighted by molar-refractivity contribution is 0.0443. The Bertz CT molecular complexity index is 790. The first-order valence-electron chi connectivity index (χ1n) is 7.30. The monoisotopic (exact) mass is 310 g/mol. The predicted octanol–water partition coefficient (Wildman–Crippen LogP) is 3.17. The summed E-state index contributed by atoms with van der Waals surface area (Å²) in [5.74, 6) is -1.61. The van der Waals surface area contributed by atoms with Crippen molar-refractivity contribution in [1.82, 2.24) is 0 Å². The molecule has 23 heavy (non-hydrogen) atoms. The Hall–Kier alpha value is -2.95. The van der Waals surface area contributed by atoms with Crippen molar-refractivity contribution in [1.29, 1.82) is 0 Å². The number of esters is 3. The molecule has 3 rings (SSSR count). The normalized spacial score (nSPS) is 12.7. The van der Waals surface area contributed by atoms with Crippen LogP contribution < -0.4 is 4.74 Å². The largest absolute Gasteiger partial charge is 0.423 e. The Kier molecular flexibility index (Phi) is 3.93. The highest BCUT2D eigenvalue weighted by Crippen LogP contribution is 2.22. The van der Waals surface area contributed by atoms with Crippen LogP contribution in [-0.2, 0) is 11.2 Å². The third-order valence-electron chi connectivity index (χ3n) is 3.55. The summed E-state index contributed by atoms with van der Waals surface area (Å²) in [5, 5.41) is 0. The summed E-state index contributed by atoms with van der Waals surface area (Å²) in [6.45, 7) is 2.09. The standard InChI is InChI=1S/C18H14O5/c1-2-3-11-4-7-13(8-5-11)22-16(19)12-6-9-14-15(10-12)18(21)23-17(14)20/h4-10H,2-3H2,1H3. The van der Waals surface area contributed by atoms with Crippen LogP contribution in [0.5, 0.6) is 5.75 Å². The van der Waals surface area contributed by atoms with Gasteiger partial charge in [0, 0.05) is 0 Å². The van der Waals surface area contributed by atoms with Crippen molar-refractivity contribution in [2.24, 2.45) is 0 Å². The second-order valence-corrected chi connectivity index (χ2v) is 5.22. The summed E-state index contributed by atoms with van der Waals surface area (Å²) in [5.41, 5.74) is 1.61. The molecule has 0 spiro atoms. The molecule has 0 aromatic heterocycles. The molecule has 0 N–H and O–H groups in total. The second-order valence-electron chi connectivity index (χ2n) is 5.22. The Morgan fingerprint density at radius 2 is 1.70 bits per heavy atom. The summed E-state index contributed by atoms with van der Waals surface area (Å²) in [6, 6.07) is 11.4. The highest BCUT2D eigenvalue weighted by molar-refractivity contribution is 6.15. The zero-order valence-electron chi connectivity index (χ0n) is 12.5. The van der Waals surface area contributed by atoms with Crippen LogP contribution >= 0.6 is 0 Å². The van der Waals surface area contributed by atoms with Gasteiger partial charge in [-0.3, -0.25) is 0 Å². The van der Waals surface area contributed by atoms with E-state index >= 15 is 0 Å². The molecule has 5 heteroatoms. The maximum atomic E-state index is 12.2. The lowest BCUT2D eigenvalue weighted by atomic mass is 10.1. The molecule has 0 atom stereocenters. The molecule has 0 saturated carbocycles. The lowest BCUT2D eigenvalue weighted by Crippen LogP contribution is -2.09. The molecule has 2 aromatic rings. The minimum Gasteiger partial charge on any atom is -0.423 e. The highest BCUT2D eigenvalue weighted by Gasteiger charge is 2.30. The number of ether oxygens (including phenoxy) is 2. The fraction of sp³-hybridized carbons (Fsp3) is 0.167. The van der Waals surface area contributed by atoms with Gasteiger partial charge in [-0.2, -0.15) is 0 Å². The molecule has 116 valence electrons. The van der Waals surface area contributed by atoms with E-state index < -0.39 is 17.9 Å². The summed E-state index contributed by atoms with van der Waals surface area (Å²) in [6.07, 6.45) is 2.01. The van der Waals surface area contributed by atoms with Crippen molar-refractivity contribution in [2.45, 2.75) is 19.8 Å². The number of rotatable bonds is 4. The molecular formula is C18H14O5. The fourth-order valence-electron chi connectivity index (χ4n) is 2.39. The molecule has 5 nitrogen and oxygen atoms in total. The van der Waals surface area contributed by atoms with Crippen molar-refractivity contribution < 1.29 is 23.9 Å². The second kappa shape index (κ2) is 6.04. The van der Waals surface area contributed by atoms with Gasteiger partial charge < -0.3 is 9.47 Å². The topological polar surface area (TPSA) is 69.7 Å². The Labute approximate surface area is 132 Å². The molecule has 2 aromatic carbocycles. The molecule has 0 radical (unpaired) electrons. The number of carbonyl (C=O) groups excluding carboxylic acids is 3. The average molecular weight is 310 g/mol. The van der Waals surface area contributed by atoms with Crippen LogP contribution in [0, 0.1) is 0 Å². The van der Waals surface area contributed by atoms with E-state index in [0.717, 1.165) is 12.8 Å². The third-order valence-corrected chi connectivity index (χ3v) is 3.55. The van der Waals surface area contributed by atoms with E-state index in [1.807, 2.05) is 12.1 Å². The summed E-state index contributed by atoms with van der Waals surface area (Å²) < 4.78 is 9.77. The molecule has 0 bridgehead atoms. The number of benzene rings is 2. The molecule has 0 aliphatic carbocycles. The molecular weight excluding hydrogens is 296 g/mol. The zero-order chi connectivity index (χ0) is 16.4. The van der Waals surface area contributed by atoms with E-state index in [1.54, 1.807) is 12.1 Å². The number of fused-ring (bicyclic) bond motifs is 1. The van der Waals surface area contributed by atoms with E-state index in [1.165, 1.54) is 23.8 Å². The minimum atomic E-state index is -0.747. The highest BCUT2D eigenvalue weighted by atomic mass is 16.6. The Morgan fingerprint density at radius 1 is 1.00 bits per heavy atom.